The zero-order valence-corrected chi connectivity index (χ0v) is 8.23. The Labute approximate surface area is 86.9 Å². The predicted molar refractivity (Wildman–Crippen MR) is 54.2 cm³/mol. The first kappa shape index (κ1) is 11.1. The summed E-state index contributed by atoms with van der Waals surface area (Å²) in [6.45, 7) is 1.71. The zero-order valence-electron chi connectivity index (χ0n) is 8.23. The van der Waals surface area contributed by atoms with Crippen molar-refractivity contribution < 1.29 is 10.0 Å². The van der Waals surface area contributed by atoms with Crippen LogP contribution in [0.1, 0.15) is 17.7 Å². The number of nitro groups is 1. The maximum atomic E-state index is 10.4. The number of hydrogen-bond acceptors (Lipinski definition) is 4. The number of pyridine rings is 1. The molecule has 1 N–H and O–H groups in total. The average molecular weight is 206 g/mol. The van der Waals surface area contributed by atoms with Gasteiger partial charge in [0.05, 0.1) is 11.5 Å². The Bertz CT molecular complexity index is 432. The Morgan fingerprint density at radius 2 is 2.40 bits per heavy atom. The molecule has 0 aliphatic rings. The van der Waals surface area contributed by atoms with Gasteiger partial charge in [-0.2, -0.15) is 0 Å². The molecular weight excluding hydrogens is 196 g/mol. The maximum Gasteiger partial charge on any atom is 0.287 e. The van der Waals surface area contributed by atoms with E-state index in [1.807, 2.05) is 0 Å². The van der Waals surface area contributed by atoms with Crippen molar-refractivity contribution in [2.45, 2.75) is 13.3 Å². The second-order valence-electron chi connectivity index (χ2n) is 2.89. The molecule has 5 nitrogen and oxygen atoms in total. The molecule has 5 heteroatoms. The maximum absolute atomic E-state index is 10.4. The normalized spacial score (nSPS) is 9.20. The van der Waals surface area contributed by atoms with Gasteiger partial charge in [-0.25, -0.2) is 4.98 Å². The molecule has 0 spiro atoms. The number of hydrogen-bond donors (Lipinski definition) is 1. The van der Waals surface area contributed by atoms with Crippen molar-refractivity contribution in [2.24, 2.45) is 0 Å². The van der Waals surface area contributed by atoms with Crippen LogP contribution in [-0.4, -0.2) is 21.6 Å². The molecule has 0 bridgehead atoms. The smallest absolute Gasteiger partial charge is 0.287 e. The minimum absolute atomic E-state index is 0.000963. The molecule has 0 saturated carbocycles. The Hall–Kier alpha value is -1.93. The van der Waals surface area contributed by atoms with Gasteiger partial charge in [0, 0.05) is 12.5 Å². The van der Waals surface area contributed by atoms with Gasteiger partial charge in [0.2, 0.25) is 0 Å². The lowest BCUT2D eigenvalue weighted by atomic mass is 10.2. The highest BCUT2D eigenvalue weighted by molar-refractivity contribution is 5.41. The highest BCUT2D eigenvalue weighted by Gasteiger charge is 2.07. The van der Waals surface area contributed by atoms with Gasteiger partial charge in [0.1, 0.15) is 11.9 Å². The summed E-state index contributed by atoms with van der Waals surface area (Å²) >= 11 is 0. The summed E-state index contributed by atoms with van der Waals surface area (Å²) in [4.78, 5) is 13.8. The highest BCUT2D eigenvalue weighted by atomic mass is 16.6. The first-order chi connectivity index (χ1) is 7.15. The third-order valence-electron chi connectivity index (χ3n) is 1.72. The van der Waals surface area contributed by atoms with E-state index in [2.05, 4.69) is 16.8 Å². The van der Waals surface area contributed by atoms with Crippen LogP contribution in [0.25, 0.3) is 0 Å². The van der Waals surface area contributed by atoms with Crippen molar-refractivity contribution in [1.29, 1.82) is 0 Å². The van der Waals surface area contributed by atoms with Crippen molar-refractivity contribution >= 4 is 5.69 Å². The van der Waals surface area contributed by atoms with Gasteiger partial charge >= 0.3 is 0 Å². The van der Waals surface area contributed by atoms with E-state index >= 15 is 0 Å². The van der Waals surface area contributed by atoms with Crippen LogP contribution in [0.2, 0.25) is 0 Å². The van der Waals surface area contributed by atoms with E-state index in [0.29, 0.717) is 17.7 Å². The first-order valence-electron chi connectivity index (χ1n) is 4.36. The van der Waals surface area contributed by atoms with Gasteiger partial charge in [0.15, 0.2) is 0 Å². The molecule has 78 valence electrons. The zero-order chi connectivity index (χ0) is 11.3. The van der Waals surface area contributed by atoms with Crippen LogP contribution in [-0.2, 0) is 0 Å². The third kappa shape index (κ3) is 3.04. The van der Waals surface area contributed by atoms with Crippen molar-refractivity contribution in [3.63, 3.8) is 0 Å². The molecule has 1 aromatic rings. The Morgan fingerprint density at radius 1 is 1.67 bits per heavy atom. The van der Waals surface area contributed by atoms with E-state index in [9.17, 15) is 10.1 Å². The summed E-state index contributed by atoms with van der Waals surface area (Å²) in [5.74, 6) is 5.44. The summed E-state index contributed by atoms with van der Waals surface area (Å²) in [6, 6.07) is 1.43. The van der Waals surface area contributed by atoms with E-state index < -0.39 is 4.92 Å². The van der Waals surface area contributed by atoms with Crippen LogP contribution < -0.4 is 0 Å². The molecule has 15 heavy (non-hydrogen) atoms. The van der Waals surface area contributed by atoms with Crippen molar-refractivity contribution in [1.82, 2.24) is 4.98 Å². The molecule has 0 aliphatic carbocycles. The fraction of sp³-hybridized carbons (Fsp3) is 0.300. The molecule has 0 amide bonds. The van der Waals surface area contributed by atoms with Gasteiger partial charge in [-0.05, 0) is 18.4 Å². The van der Waals surface area contributed by atoms with Crippen LogP contribution in [0.15, 0.2) is 12.3 Å². The molecule has 0 saturated heterocycles. The second kappa shape index (κ2) is 5.08. The molecule has 0 atom stereocenters. The summed E-state index contributed by atoms with van der Waals surface area (Å²) < 4.78 is 0. The first-order valence-corrected chi connectivity index (χ1v) is 4.36. The Morgan fingerprint density at radius 3 is 2.93 bits per heavy atom. The van der Waals surface area contributed by atoms with Crippen LogP contribution in [0.5, 0.6) is 0 Å². The van der Waals surface area contributed by atoms with E-state index in [-0.39, 0.29) is 12.3 Å². The molecule has 0 radical (unpaired) electrons. The summed E-state index contributed by atoms with van der Waals surface area (Å²) in [5.41, 5.74) is 1.13. The standard InChI is InChI=1S/C10H10N2O3/c1-8-6-9(12(14)15)7-11-10(8)4-2-3-5-13/h6-7,13H,3,5H2,1H3. The van der Waals surface area contributed by atoms with Crippen LogP contribution in [0, 0.1) is 28.9 Å². The molecule has 1 rings (SSSR count). The molecular formula is C10H10N2O3. The average Bonchev–Trinajstić information content (AvgIpc) is 2.20. The van der Waals surface area contributed by atoms with Gasteiger partial charge in [0.25, 0.3) is 5.69 Å². The van der Waals surface area contributed by atoms with Crippen LogP contribution >= 0.6 is 0 Å². The number of aryl methyl sites for hydroxylation is 1. The molecule has 1 heterocycles. The molecule has 0 aliphatic heterocycles. The van der Waals surface area contributed by atoms with E-state index in [1.165, 1.54) is 12.3 Å². The van der Waals surface area contributed by atoms with Crippen molar-refractivity contribution in [3.05, 3.63) is 33.6 Å². The Balaban J connectivity index is 2.95. The lowest BCUT2D eigenvalue weighted by molar-refractivity contribution is -0.385. The highest BCUT2D eigenvalue weighted by Crippen LogP contribution is 2.13. The molecule has 0 aromatic carbocycles. The molecule has 0 fully saturated rings. The summed E-state index contributed by atoms with van der Waals surface area (Å²) in [6.07, 6.45) is 1.55. The van der Waals surface area contributed by atoms with Crippen molar-refractivity contribution in [2.75, 3.05) is 6.61 Å². The minimum atomic E-state index is -0.495. The fourth-order valence-corrected chi connectivity index (χ4v) is 0.993. The quantitative estimate of drug-likeness (QED) is 0.445. The number of nitrogens with zero attached hydrogens (tertiary/aromatic N) is 2. The summed E-state index contributed by atoms with van der Waals surface area (Å²) in [5, 5.41) is 18.9. The molecule has 0 unspecified atom stereocenters. The predicted octanol–water partition coefficient (Wildman–Crippen LogP) is 1.03. The molecule has 1 aromatic heterocycles. The van der Waals surface area contributed by atoms with Gasteiger partial charge in [-0.3, -0.25) is 10.1 Å². The minimum Gasteiger partial charge on any atom is -0.395 e. The topological polar surface area (TPSA) is 76.3 Å². The van der Waals surface area contributed by atoms with Gasteiger partial charge in [-0.15, -0.1) is 0 Å². The van der Waals surface area contributed by atoms with E-state index in [4.69, 9.17) is 5.11 Å². The Kier molecular flexibility index (Phi) is 3.77. The second-order valence-corrected chi connectivity index (χ2v) is 2.89. The van der Waals surface area contributed by atoms with Gasteiger partial charge < -0.3 is 5.11 Å². The monoisotopic (exact) mass is 206 g/mol. The lowest BCUT2D eigenvalue weighted by Crippen LogP contribution is -1.93. The van der Waals surface area contributed by atoms with Crippen LogP contribution in [0.3, 0.4) is 0 Å². The van der Waals surface area contributed by atoms with Gasteiger partial charge in [-0.1, -0.05) is 5.92 Å². The number of aliphatic hydroxyl groups excluding tert-OH is 1. The van der Waals surface area contributed by atoms with Crippen LogP contribution in [0.4, 0.5) is 5.69 Å². The largest absolute Gasteiger partial charge is 0.395 e. The summed E-state index contributed by atoms with van der Waals surface area (Å²) in [7, 11) is 0. The lowest BCUT2D eigenvalue weighted by Gasteiger charge is -1.96. The number of aliphatic hydroxyl groups is 1. The SMILES string of the molecule is Cc1cc([N+](=O)[O-])cnc1C#CCCO. The third-order valence-corrected chi connectivity index (χ3v) is 1.72. The van der Waals surface area contributed by atoms with E-state index in [1.54, 1.807) is 6.92 Å². The fourth-order valence-electron chi connectivity index (χ4n) is 0.993. The van der Waals surface area contributed by atoms with E-state index in [0.717, 1.165) is 0 Å². The van der Waals surface area contributed by atoms with Crippen molar-refractivity contribution in [3.8, 4) is 11.8 Å². The number of aromatic nitrogens is 1. The number of rotatable bonds is 2.